The van der Waals surface area contributed by atoms with E-state index in [-0.39, 0.29) is 6.17 Å². The van der Waals surface area contributed by atoms with Crippen LogP contribution in [0.15, 0.2) is 35.3 Å². The molecule has 2 unspecified atom stereocenters. The summed E-state index contributed by atoms with van der Waals surface area (Å²) in [5.74, 6) is -4.17. The molecule has 0 saturated carbocycles. The van der Waals surface area contributed by atoms with Crippen molar-refractivity contribution >= 4 is 47.2 Å². The molecule has 0 aromatic heterocycles. The van der Waals surface area contributed by atoms with Gasteiger partial charge in [0.1, 0.15) is 6.17 Å². The predicted molar refractivity (Wildman–Crippen MR) is 145 cm³/mol. The van der Waals surface area contributed by atoms with Gasteiger partial charge in [0.2, 0.25) is 0 Å². The molecular formula is C23H40N4O10S. The van der Waals surface area contributed by atoms with E-state index in [9.17, 15) is 0 Å². The van der Waals surface area contributed by atoms with E-state index in [2.05, 4.69) is 39.9 Å². The number of carboxylic acids is 5. The highest BCUT2D eigenvalue weighted by Crippen LogP contribution is 2.12. The lowest BCUT2D eigenvalue weighted by Crippen LogP contribution is -2.39. The Balaban J connectivity index is -0.000000148. The number of carboxylic acid groups (broad SMARTS) is 5. The van der Waals surface area contributed by atoms with Crippen LogP contribution in [0.4, 0.5) is 0 Å². The first-order valence-electron chi connectivity index (χ1n) is 10.7. The second kappa shape index (κ2) is 33.2. The maximum Gasteiger partial charge on any atom is 0.300 e. The van der Waals surface area contributed by atoms with Crippen LogP contribution >= 0.6 is 12.2 Å². The largest absolute Gasteiger partial charge is 0.481 e. The van der Waals surface area contributed by atoms with Gasteiger partial charge in [0.15, 0.2) is 0 Å². The minimum absolute atomic E-state index is 0.133. The number of nitrogens with zero attached hydrogens (tertiary/aromatic N) is 1. The van der Waals surface area contributed by atoms with Gasteiger partial charge >= 0.3 is 0 Å². The molecule has 0 aliphatic rings. The number of isothiocyanates is 1. The molecule has 9 N–H and O–H groups in total. The Hall–Kier alpha value is -3.75. The predicted octanol–water partition coefficient (Wildman–Crippen LogP) is 1.77. The highest BCUT2D eigenvalue weighted by atomic mass is 32.1. The van der Waals surface area contributed by atoms with Gasteiger partial charge in [0, 0.05) is 60.3 Å². The zero-order chi connectivity index (χ0) is 31.1. The number of aliphatic carboxylic acids is 5. The van der Waals surface area contributed by atoms with Gasteiger partial charge in [-0.3, -0.25) is 29.3 Å². The number of hydrogen-bond acceptors (Lipinski definition) is 10. The fourth-order valence-corrected chi connectivity index (χ4v) is 1.72. The average Bonchev–Trinajstić information content (AvgIpc) is 2.74. The lowest BCUT2D eigenvalue weighted by atomic mass is 10.1. The number of thiocarbonyl (C=S) groups is 1. The van der Waals surface area contributed by atoms with Crippen LogP contribution < -0.4 is 16.4 Å². The Bertz CT molecular complexity index is 730. The third kappa shape index (κ3) is 76.8. The molecule has 0 heterocycles. The molecule has 0 aliphatic carbocycles. The molecule has 0 radical (unpaired) electrons. The number of nitrogens with two attached hydrogens (primary N) is 1. The second-order valence-corrected chi connectivity index (χ2v) is 6.86. The Morgan fingerprint density at radius 2 is 1.16 bits per heavy atom. The third-order valence-electron chi connectivity index (χ3n) is 2.55. The van der Waals surface area contributed by atoms with E-state index in [1.807, 2.05) is 30.3 Å². The number of carbonyl (C=O) groups is 5. The van der Waals surface area contributed by atoms with Crippen LogP contribution in [0.3, 0.4) is 0 Å². The van der Waals surface area contributed by atoms with Gasteiger partial charge in [-0.05, 0) is 24.7 Å². The minimum atomic E-state index is -0.833. The van der Waals surface area contributed by atoms with E-state index in [1.165, 1.54) is 0 Å². The SMILES string of the molecule is CC(=O)O.CC(=O)O.CC(=O)O.CC(=O)O.CC(=O)O.CC(CNC(N=C=S)c1ccccc1)NCCN. The van der Waals surface area contributed by atoms with Crippen molar-refractivity contribution in [3.8, 4) is 0 Å². The fourth-order valence-electron chi connectivity index (χ4n) is 1.62. The van der Waals surface area contributed by atoms with E-state index in [1.54, 1.807) is 0 Å². The molecule has 218 valence electrons. The molecule has 0 bridgehead atoms. The Kier molecular flexibility index (Phi) is 38.7. The molecule has 1 aromatic rings. The van der Waals surface area contributed by atoms with Crippen LogP contribution in [0, 0.1) is 0 Å². The van der Waals surface area contributed by atoms with Crippen molar-refractivity contribution in [3.05, 3.63) is 35.9 Å². The number of aliphatic imine (C=N–C) groups is 1. The molecule has 0 amide bonds. The maximum atomic E-state index is 9.00. The summed E-state index contributed by atoms with van der Waals surface area (Å²) in [6, 6.07) is 10.3. The van der Waals surface area contributed by atoms with Gasteiger partial charge in [-0.25, -0.2) is 4.99 Å². The van der Waals surface area contributed by atoms with E-state index < -0.39 is 29.8 Å². The second-order valence-electron chi connectivity index (χ2n) is 6.68. The number of nitrogens with one attached hydrogen (secondary N) is 2. The zero-order valence-corrected chi connectivity index (χ0v) is 23.2. The van der Waals surface area contributed by atoms with Crippen molar-refractivity contribution in [1.82, 2.24) is 10.6 Å². The summed E-state index contributed by atoms with van der Waals surface area (Å²) in [6.45, 7) is 9.77. The lowest BCUT2D eigenvalue weighted by Gasteiger charge is -2.18. The molecule has 38 heavy (non-hydrogen) atoms. The molecule has 0 aliphatic heterocycles. The molecule has 15 heteroatoms. The molecular weight excluding hydrogens is 524 g/mol. The van der Waals surface area contributed by atoms with Crippen molar-refractivity contribution in [2.24, 2.45) is 10.7 Å². The number of benzene rings is 1. The fraction of sp³-hybridized carbons (Fsp3) is 0.478. The highest BCUT2D eigenvalue weighted by molar-refractivity contribution is 7.78. The lowest BCUT2D eigenvalue weighted by molar-refractivity contribution is -0.135. The summed E-state index contributed by atoms with van der Waals surface area (Å²) in [6.07, 6.45) is -0.133. The summed E-state index contributed by atoms with van der Waals surface area (Å²) in [4.78, 5) is 49.1. The highest BCUT2D eigenvalue weighted by Gasteiger charge is 2.09. The summed E-state index contributed by atoms with van der Waals surface area (Å²) >= 11 is 4.69. The Morgan fingerprint density at radius 3 is 1.45 bits per heavy atom. The molecule has 0 saturated heterocycles. The maximum absolute atomic E-state index is 9.00. The van der Waals surface area contributed by atoms with Crippen molar-refractivity contribution in [2.45, 2.75) is 53.8 Å². The van der Waals surface area contributed by atoms with Crippen LogP contribution in [0.1, 0.15) is 53.3 Å². The normalized spacial score (nSPS) is 9.76. The van der Waals surface area contributed by atoms with E-state index in [0.29, 0.717) is 12.6 Å². The Morgan fingerprint density at radius 1 is 0.816 bits per heavy atom. The van der Waals surface area contributed by atoms with Crippen molar-refractivity contribution in [3.63, 3.8) is 0 Å². The van der Waals surface area contributed by atoms with Gasteiger partial charge in [-0.1, -0.05) is 30.3 Å². The first kappa shape index (κ1) is 44.3. The first-order valence-corrected chi connectivity index (χ1v) is 11.1. The smallest absolute Gasteiger partial charge is 0.300 e. The first-order chi connectivity index (χ1) is 17.4. The molecule has 14 nitrogen and oxygen atoms in total. The third-order valence-corrected chi connectivity index (χ3v) is 2.66. The van der Waals surface area contributed by atoms with Crippen LogP contribution in [0.5, 0.6) is 0 Å². The molecule has 2 atom stereocenters. The molecule has 1 aromatic carbocycles. The topological polar surface area (TPSA) is 249 Å². The van der Waals surface area contributed by atoms with Gasteiger partial charge in [0.25, 0.3) is 29.8 Å². The standard InChI is InChI=1S/C13H20N4S.5C2H4O2/c1-11(15-8-7-14)9-16-13(17-10-18)12-5-3-2-4-6-12;5*1-2(3)4/h2-6,11,13,15-16H,7-9,14H2,1H3;5*1H3,(H,3,4). The van der Waals surface area contributed by atoms with Crippen LogP contribution in [-0.4, -0.2) is 86.2 Å². The summed E-state index contributed by atoms with van der Waals surface area (Å²) in [5, 5.41) is 46.2. The van der Waals surface area contributed by atoms with Gasteiger partial charge in [-0.2, -0.15) is 0 Å². The van der Waals surface area contributed by atoms with Gasteiger partial charge in [0.05, 0.1) is 5.16 Å². The monoisotopic (exact) mass is 564 g/mol. The van der Waals surface area contributed by atoms with Crippen molar-refractivity contribution in [2.75, 3.05) is 19.6 Å². The van der Waals surface area contributed by atoms with E-state index >= 15 is 0 Å². The molecule has 0 spiro atoms. The van der Waals surface area contributed by atoms with E-state index in [4.69, 9.17) is 55.2 Å². The summed E-state index contributed by atoms with van der Waals surface area (Å²) in [7, 11) is 0. The minimum Gasteiger partial charge on any atom is -0.481 e. The Labute approximate surface area is 227 Å². The number of hydrogen-bond donors (Lipinski definition) is 8. The average molecular weight is 565 g/mol. The van der Waals surface area contributed by atoms with Gasteiger partial charge in [-0.15, -0.1) is 0 Å². The number of rotatable bonds is 8. The molecule has 0 fully saturated rings. The van der Waals surface area contributed by atoms with Crippen LogP contribution in [0.25, 0.3) is 0 Å². The zero-order valence-electron chi connectivity index (χ0n) is 22.4. The van der Waals surface area contributed by atoms with Crippen molar-refractivity contribution in [1.29, 1.82) is 0 Å². The molecule has 1 rings (SSSR count). The van der Waals surface area contributed by atoms with Crippen LogP contribution in [-0.2, 0) is 24.0 Å². The van der Waals surface area contributed by atoms with Crippen molar-refractivity contribution < 1.29 is 49.5 Å². The quantitative estimate of drug-likeness (QED) is 0.165. The van der Waals surface area contributed by atoms with Gasteiger partial charge < -0.3 is 36.6 Å². The van der Waals surface area contributed by atoms with E-state index in [0.717, 1.165) is 53.3 Å². The van der Waals surface area contributed by atoms with Crippen LogP contribution in [0.2, 0.25) is 0 Å². The summed E-state index contributed by atoms with van der Waals surface area (Å²) < 4.78 is 0. The summed E-state index contributed by atoms with van der Waals surface area (Å²) in [5.41, 5.74) is 6.53.